The molecule has 1 rings (SSSR count). The van der Waals surface area contributed by atoms with Gasteiger partial charge in [0.1, 0.15) is 0 Å². The summed E-state index contributed by atoms with van der Waals surface area (Å²) in [5, 5.41) is 3.69. The molecule has 0 amide bonds. The van der Waals surface area contributed by atoms with Crippen LogP contribution in [0.5, 0.6) is 0 Å². The molecule has 1 unspecified atom stereocenters. The molecule has 1 nitrogen and oxygen atoms in total. The van der Waals surface area contributed by atoms with E-state index in [0.29, 0.717) is 6.04 Å². The molecular formula is C18H31NS. The quantitative estimate of drug-likeness (QED) is 0.646. The summed E-state index contributed by atoms with van der Waals surface area (Å²) < 4.78 is 0. The molecular weight excluding hydrogens is 262 g/mol. The predicted molar refractivity (Wildman–Crippen MR) is 93.6 cm³/mol. The number of thioether (sulfide) groups is 1. The molecule has 0 fully saturated rings. The van der Waals surface area contributed by atoms with Gasteiger partial charge in [0.25, 0.3) is 0 Å². The number of aryl methyl sites for hydroxylation is 1. The maximum absolute atomic E-state index is 3.69. The second-order valence-corrected chi connectivity index (χ2v) is 7.00. The average molecular weight is 294 g/mol. The Bertz CT molecular complexity index is 345. The van der Waals surface area contributed by atoms with Crippen LogP contribution in [0.2, 0.25) is 0 Å². The van der Waals surface area contributed by atoms with Gasteiger partial charge in [-0.1, -0.05) is 58.4 Å². The van der Waals surface area contributed by atoms with Crippen LogP contribution in [0.3, 0.4) is 0 Å². The van der Waals surface area contributed by atoms with Gasteiger partial charge in [0, 0.05) is 11.8 Å². The summed E-state index contributed by atoms with van der Waals surface area (Å²) in [5.74, 6) is 3.20. The largest absolute Gasteiger partial charge is 0.309 e. The summed E-state index contributed by atoms with van der Waals surface area (Å²) in [6.07, 6.45) is 3.61. The van der Waals surface area contributed by atoms with Crippen LogP contribution < -0.4 is 5.32 Å². The monoisotopic (exact) mass is 293 g/mol. The molecule has 0 saturated heterocycles. The van der Waals surface area contributed by atoms with E-state index in [1.807, 2.05) is 0 Å². The fourth-order valence-electron chi connectivity index (χ4n) is 2.22. The highest BCUT2D eigenvalue weighted by atomic mass is 32.2. The first-order valence-corrected chi connectivity index (χ1v) is 9.22. The van der Waals surface area contributed by atoms with Crippen molar-refractivity contribution in [2.24, 2.45) is 5.92 Å². The van der Waals surface area contributed by atoms with Gasteiger partial charge in [-0.25, -0.2) is 0 Å². The summed E-state index contributed by atoms with van der Waals surface area (Å²) in [4.78, 5) is 0. The molecule has 114 valence electrons. The van der Waals surface area contributed by atoms with Gasteiger partial charge >= 0.3 is 0 Å². The Kier molecular flexibility index (Phi) is 9.04. The van der Waals surface area contributed by atoms with Crippen molar-refractivity contribution in [2.45, 2.75) is 53.0 Å². The van der Waals surface area contributed by atoms with Gasteiger partial charge in [0.05, 0.1) is 0 Å². The minimum Gasteiger partial charge on any atom is -0.309 e. The van der Waals surface area contributed by atoms with E-state index in [1.54, 1.807) is 0 Å². The lowest BCUT2D eigenvalue weighted by molar-refractivity contribution is 0.576. The molecule has 20 heavy (non-hydrogen) atoms. The topological polar surface area (TPSA) is 12.0 Å². The Balaban J connectivity index is 2.60. The van der Waals surface area contributed by atoms with Crippen LogP contribution in [0.15, 0.2) is 24.3 Å². The lowest BCUT2D eigenvalue weighted by Crippen LogP contribution is -2.24. The number of benzene rings is 1. The summed E-state index contributed by atoms with van der Waals surface area (Å²) >= 11 is 2.07. The lowest BCUT2D eigenvalue weighted by Gasteiger charge is -2.19. The normalized spacial score (nSPS) is 12.8. The molecule has 0 heterocycles. The molecule has 0 saturated carbocycles. The number of hydrogen-bond donors (Lipinski definition) is 1. The van der Waals surface area contributed by atoms with Crippen molar-refractivity contribution in [3.63, 3.8) is 0 Å². The molecule has 1 aromatic rings. The first-order chi connectivity index (χ1) is 9.67. The van der Waals surface area contributed by atoms with Gasteiger partial charge in [-0.15, -0.1) is 0 Å². The Labute approximate surface area is 129 Å². The maximum Gasteiger partial charge on any atom is 0.0411 e. The molecule has 1 aromatic carbocycles. The Morgan fingerprint density at radius 3 is 2.25 bits per heavy atom. The van der Waals surface area contributed by atoms with Crippen molar-refractivity contribution < 1.29 is 0 Å². The Morgan fingerprint density at radius 2 is 1.70 bits per heavy atom. The first-order valence-electron chi connectivity index (χ1n) is 8.07. The molecule has 0 bridgehead atoms. The molecule has 0 spiro atoms. The van der Waals surface area contributed by atoms with Gasteiger partial charge in [0.15, 0.2) is 0 Å². The van der Waals surface area contributed by atoms with Gasteiger partial charge in [0.2, 0.25) is 0 Å². The van der Waals surface area contributed by atoms with Crippen LogP contribution >= 0.6 is 11.8 Å². The SMILES string of the molecule is CCCNC(CSCC(C)C)c1ccc(CCC)cc1. The third-order valence-electron chi connectivity index (χ3n) is 3.30. The molecule has 0 aliphatic heterocycles. The zero-order valence-corrected chi connectivity index (χ0v) is 14.4. The van der Waals surface area contributed by atoms with Crippen LogP contribution in [-0.2, 0) is 6.42 Å². The van der Waals surface area contributed by atoms with Crippen molar-refractivity contribution in [1.29, 1.82) is 0 Å². The molecule has 2 heteroatoms. The van der Waals surface area contributed by atoms with Gasteiger partial charge in [-0.2, -0.15) is 11.8 Å². The van der Waals surface area contributed by atoms with Gasteiger partial charge in [-0.05, 0) is 42.2 Å². The first kappa shape index (κ1) is 17.6. The minimum atomic E-state index is 0.495. The van der Waals surface area contributed by atoms with Gasteiger partial charge < -0.3 is 5.32 Å². The van der Waals surface area contributed by atoms with Gasteiger partial charge in [-0.3, -0.25) is 0 Å². The van der Waals surface area contributed by atoms with E-state index in [1.165, 1.54) is 41.9 Å². The molecule has 1 atom stereocenters. The van der Waals surface area contributed by atoms with Crippen LogP contribution in [0, 0.1) is 5.92 Å². The third kappa shape index (κ3) is 6.81. The zero-order chi connectivity index (χ0) is 14.8. The van der Waals surface area contributed by atoms with Crippen LogP contribution in [-0.4, -0.2) is 18.1 Å². The highest BCUT2D eigenvalue weighted by Gasteiger charge is 2.11. The average Bonchev–Trinajstić information content (AvgIpc) is 2.43. The van der Waals surface area contributed by atoms with Crippen molar-refractivity contribution in [3.05, 3.63) is 35.4 Å². The van der Waals surface area contributed by atoms with E-state index in [-0.39, 0.29) is 0 Å². The highest BCUT2D eigenvalue weighted by molar-refractivity contribution is 7.99. The number of rotatable bonds is 10. The summed E-state index contributed by atoms with van der Waals surface area (Å²) in [5.41, 5.74) is 2.90. The van der Waals surface area contributed by atoms with E-state index in [9.17, 15) is 0 Å². The molecule has 1 N–H and O–H groups in total. The zero-order valence-electron chi connectivity index (χ0n) is 13.6. The van der Waals surface area contributed by atoms with Crippen LogP contribution in [0.1, 0.15) is 57.7 Å². The number of hydrogen-bond acceptors (Lipinski definition) is 2. The molecule has 0 radical (unpaired) electrons. The lowest BCUT2D eigenvalue weighted by atomic mass is 10.0. The van der Waals surface area contributed by atoms with E-state index in [0.717, 1.165) is 12.5 Å². The predicted octanol–water partition coefficient (Wildman–Crippen LogP) is 5.07. The summed E-state index contributed by atoms with van der Waals surface area (Å²) in [7, 11) is 0. The van der Waals surface area contributed by atoms with Crippen molar-refractivity contribution in [1.82, 2.24) is 5.32 Å². The standard InChI is InChI=1S/C18H31NS/c1-5-7-16-8-10-17(11-9-16)18(19-12-6-2)14-20-13-15(3)4/h8-11,15,18-19H,5-7,12-14H2,1-4H3. The second kappa shape index (κ2) is 10.3. The molecule has 0 aromatic heterocycles. The van der Waals surface area contributed by atoms with Crippen LogP contribution in [0.25, 0.3) is 0 Å². The smallest absolute Gasteiger partial charge is 0.0411 e. The maximum atomic E-state index is 3.69. The van der Waals surface area contributed by atoms with Crippen molar-refractivity contribution in [3.8, 4) is 0 Å². The van der Waals surface area contributed by atoms with E-state index < -0.39 is 0 Å². The van der Waals surface area contributed by atoms with E-state index in [2.05, 4.69) is 69.0 Å². The van der Waals surface area contributed by atoms with E-state index >= 15 is 0 Å². The third-order valence-corrected chi connectivity index (χ3v) is 4.77. The van der Waals surface area contributed by atoms with Crippen molar-refractivity contribution >= 4 is 11.8 Å². The Hall–Kier alpha value is -0.470. The second-order valence-electron chi connectivity index (χ2n) is 5.93. The molecule has 0 aliphatic carbocycles. The number of nitrogens with one attached hydrogen (secondary N) is 1. The Morgan fingerprint density at radius 1 is 1.00 bits per heavy atom. The molecule has 0 aliphatic rings. The summed E-state index contributed by atoms with van der Waals surface area (Å²) in [6, 6.07) is 9.72. The fourth-order valence-corrected chi connectivity index (χ4v) is 3.37. The van der Waals surface area contributed by atoms with Crippen LogP contribution in [0.4, 0.5) is 0 Å². The minimum absolute atomic E-state index is 0.495. The van der Waals surface area contributed by atoms with E-state index in [4.69, 9.17) is 0 Å². The fraction of sp³-hybridized carbons (Fsp3) is 0.667. The summed E-state index contributed by atoms with van der Waals surface area (Å²) in [6.45, 7) is 10.2. The van der Waals surface area contributed by atoms with Crippen molar-refractivity contribution in [2.75, 3.05) is 18.1 Å². The highest BCUT2D eigenvalue weighted by Crippen LogP contribution is 2.21.